The zero-order valence-electron chi connectivity index (χ0n) is 10.1. The fourth-order valence-corrected chi connectivity index (χ4v) is 1.95. The van der Waals surface area contributed by atoms with E-state index in [1.165, 1.54) is 10.6 Å². The molecule has 0 aliphatic heterocycles. The van der Waals surface area contributed by atoms with Crippen LogP contribution in [0.2, 0.25) is 0 Å². The molecule has 0 aliphatic carbocycles. The number of nitrogen functional groups attached to an aromatic ring is 1. The molecule has 3 rings (SSSR count). The number of fused-ring (bicyclic) bond motifs is 1. The second-order valence-electron chi connectivity index (χ2n) is 4.20. The molecule has 0 fully saturated rings. The maximum Gasteiger partial charge on any atom is 0.207 e. The minimum atomic E-state index is -0.939. The third-order valence-electron chi connectivity index (χ3n) is 2.83. The van der Waals surface area contributed by atoms with Gasteiger partial charge in [0.05, 0.1) is 5.69 Å². The quantitative estimate of drug-likeness (QED) is 0.731. The predicted octanol–water partition coefficient (Wildman–Crippen LogP) is 2.59. The lowest BCUT2D eigenvalue weighted by atomic mass is 10.3. The van der Waals surface area contributed by atoms with E-state index in [9.17, 15) is 8.78 Å². The Kier molecular flexibility index (Phi) is 2.45. The maximum atomic E-state index is 13.3. The first-order valence-electron chi connectivity index (χ1n) is 5.63. The average Bonchev–Trinajstić information content (AvgIpc) is 2.68. The summed E-state index contributed by atoms with van der Waals surface area (Å²) in [5.74, 6) is -1.67. The summed E-state index contributed by atoms with van der Waals surface area (Å²) in [4.78, 5) is 8.47. The molecule has 0 atom stereocenters. The topological polar surface area (TPSA) is 56.7 Å². The van der Waals surface area contributed by atoms with Gasteiger partial charge in [-0.3, -0.25) is 4.57 Å². The molecular formula is C13H10F2N4. The Labute approximate surface area is 107 Å². The number of anilines is 1. The second kappa shape index (κ2) is 4.01. The summed E-state index contributed by atoms with van der Waals surface area (Å²) >= 11 is 0. The Morgan fingerprint density at radius 1 is 1.05 bits per heavy atom. The Hall–Kier alpha value is -2.50. The van der Waals surface area contributed by atoms with Gasteiger partial charge in [-0.25, -0.2) is 18.7 Å². The van der Waals surface area contributed by atoms with E-state index >= 15 is 0 Å². The molecule has 0 radical (unpaired) electrons. The number of hydrogen-bond acceptors (Lipinski definition) is 3. The van der Waals surface area contributed by atoms with Gasteiger partial charge < -0.3 is 5.73 Å². The highest BCUT2D eigenvalue weighted by molar-refractivity contribution is 5.77. The molecule has 2 heterocycles. The third kappa shape index (κ3) is 1.81. The van der Waals surface area contributed by atoms with Crippen molar-refractivity contribution in [2.75, 3.05) is 5.73 Å². The Bertz CT molecular complexity index is 780. The van der Waals surface area contributed by atoms with Crippen LogP contribution in [0.15, 0.2) is 30.3 Å². The van der Waals surface area contributed by atoms with Crippen molar-refractivity contribution < 1.29 is 8.78 Å². The van der Waals surface area contributed by atoms with Gasteiger partial charge >= 0.3 is 0 Å². The number of hydrogen-bond donors (Lipinski definition) is 1. The first-order chi connectivity index (χ1) is 9.06. The first kappa shape index (κ1) is 11.6. The highest BCUT2D eigenvalue weighted by Crippen LogP contribution is 2.23. The molecule has 3 aromatic rings. The van der Waals surface area contributed by atoms with Crippen molar-refractivity contribution in [2.24, 2.45) is 0 Å². The maximum absolute atomic E-state index is 13.3. The minimum absolute atomic E-state index is 0.180. The summed E-state index contributed by atoms with van der Waals surface area (Å²) in [6.45, 7) is 1.83. The molecule has 0 saturated heterocycles. The zero-order valence-corrected chi connectivity index (χ0v) is 10.1. The molecule has 4 nitrogen and oxygen atoms in total. The molecule has 0 spiro atoms. The normalized spacial score (nSPS) is 11.1. The lowest BCUT2D eigenvalue weighted by Gasteiger charge is -2.06. The predicted molar refractivity (Wildman–Crippen MR) is 67.9 cm³/mol. The lowest BCUT2D eigenvalue weighted by Crippen LogP contribution is -2.02. The van der Waals surface area contributed by atoms with Crippen LogP contribution in [0.4, 0.5) is 14.7 Å². The number of pyridine rings is 1. The van der Waals surface area contributed by atoms with Gasteiger partial charge in [0.15, 0.2) is 17.3 Å². The van der Waals surface area contributed by atoms with E-state index in [4.69, 9.17) is 5.73 Å². The smallest absolute Gasteiger partial charge is 0.207 e. The van der Waals surface area contributed by atoms with Crippen LogP contribution in [-0.4, -0.2) is 14.5 Å². The molecule has 1 aromatic carbocycles. The summed E-state index contributed by atoms with van der Waals surface area (Å²) in [5.41, 5.74) is 8.12. The second-order valence-corrected chi connectivity index (χ2v) is 4.20. The Morgan fingerprint density at radius 3 is 2.58 bits per heavy atom. The molecule has 6 heteroatoms. The number of halogens is 2. The van der Waals surface area contributed by atoms with E-state index in [1.807, 2.05) is 13.0 Å². The molecule has 0 aliphatic rings. The number of nitrogens with zero attached hydrogens (tertiary/aromatic N) is 3. The van der Waals surface area contributed by atoms with E-state index in [0.29, 0.717) is 16.9 Å². The zero-order chi connectivity index (χ0) is 13.6. The monoisotopic (exact) mass is 260 g/mol. The number of aryl methyl sites for hydroxylation is 1. The minimum Gasteiger partial charge on any atom is -0.369 e. The number of imidazole rings is 1. The number of benzene rings is 1. The Morgan fingerprint density at radius 2 is 1.84 bits per heavy atom. The van der Waals surface area contributed by atoms with Crippen LogP contribution in [0.3, 0.4) is 0 Å². The molecule has 0 amide bonds. The van der Waals surface area contributed by atoms with Crippen molar-refractivity contribution in [1.82, 2.24) is 14.5 Å². The van der Waals surface area contributed by atoms with Gasteiger partial charge in [0.2, 0.25) is 5.95 Å². The summed E-state index contributed by atoms with van der Waals surface area (Å²) < 4.78 is 27.8. The van der Waals surface area contributed by atoms with Crippen LogP contribution < -0.4 is 5.73 Å². The largest absolute Gasteiger partial charge is 0.369 e. The van der Waals surface area contributed by atoms with Crippen LogP contribution in [0.1, 0.15) is 5.69 Å². The van der Waals surface area contributed by atoms with Gasteiger partial charge in [-0.05, 0) is 31.2 Å². The van der Waals surface area contributed by atoms with Crippen LogP contribution in [0.5, 0.6) is 0 Å². The van der Waals surface area contributed by atoms with Crippen molar-refractivity contribution in [3.8, 4) is 5.69 Å². The van der Waals surface area contributed by atoms with E-state index in [2.05, 4.69) is 9.97 Å². The molecule has 2 aromatic heterocycles. The van der Waals surface area contributed by atoms with E-state index in [1.54, 1.807) is 6.07 Å². The fourth-order valence-electron chi connectivity index (χ4n) is 1.95. The standard InChI is InChI=1S/C13H10F2N4/c1-7-2-5-11-12(17-7)19(13(16)18-11)8-3-4-9(14)10(15)6-8/h2-6H,1H3,(H2,16,18). The lowest BCUT2D eigenvalue weighted by molar-refractivity contribution is 0.508. The van der Waals surface area contributed by atoms with Crippen LogP contribution >= 0.6 is 0 Å². The molecule has 0 saturated carbocycles. The van der Waals surface area contributed by atoms with Crippen molar-refractivity contribution in [2.45, 2.75) is 6.92 Å². The fraction of sp³-hybridized carbons (Fsp3) is 0.0769. The van der Waals surface area contributed by atoms with Crippen LogP contribution in [0, 0.1) is 18.6 Å². The van der Waals surface area contributed by atoms with Crippen LogP contribution in [0.25, 0.3) is 16.9 Å². The number of nitrogens with two attached hydrogens (primary N) is 1. The molecule has 0 unspecified atom stereocenters. The first-order valence-corrected chi connectivity index (χ1v) is 5.63. The van der Waals surface area contributed by atoms with Gasteiger partial charge in [0, 0.05) is 11.8 Å². The van der Waals surface area contributed by atoms with Crippen molar-refractivity contribution in [3.63, 3.8) is 0 Å². The van der Waals surface area contributed by atoms with Gasteiger partial charge in [-0.2, -0.15) is 0 Å². The van der Waals surface area contributed by atoms with Gasteiger partial charge in [0.1, 0.15) is 5.52 Å². The van der Waals surface area contributed by atoms with Gasteiger partial charge in [0.25, 0.3) is 0 Å². The van der Waals surface area contributed by atoms with Crippen molar-refractivity contribution >= 4 is 17.1 Å². The van der Waals surface area contributed by atoms with E-state index < -0.39 is 11.6 Å². The van der Waals surface area contributed by atoms with Gasteiger partial charge in [-0.15, -0.1) is 0 Å². The highest BCUT2D eigenvalue weighted by Gasteiger charge is 2.13. The average molecular weight is 260 g/mol. The van der Waals surface area contributed by atoms with Crippen LogP contribution in [-0.2, 0) is 0 Å². The van der Waals surface area contributed by atoms with Gasteiger partial charge in [-0.1, -0.05) is 0 Å². The summed E-state index contributed by atoms with van der Waals surface area (Å²) in [5, 5.41) is 0. The SMILES string of the molecule is Cc1ccc2nc(N)n(-c3ccc(F)c(F)c3)c2n1. The third-order valence-corrected chi connectivity index (χ3v) is 2.83. The van der Waals surface area contributed by atoms with E-state index in [0.717, 1.165) is 17.8 Å². The van der Waals surface area contributed by atoms with Crippen molar-refractivity contribution in [1.29, 1.82) is 0 Å². The summed E-state index contributed by atoms with van der Waals surface area (Å²) in [7, 11) is 0. The summed E-state index contributed by atoms with van der Waals surface area (Å²) in [6, 6.07) is 7.14. The summed E-state index contributed by atoms with van der Waals surface area (Å²) in [6.07, 6.45) is 0. The Balaban J connectivity index is 2.31. The number of rotatable bonds is 1. The van der Waals surface area contributed by atoms with E-state index in [-0.39, 0.29) is 5.95 Å². The molecule has 2 N–H and O–H groups in total. The molecule has 0 bridgehead atoms. The molecule has 96 valence electrons. The highest BCUT2D eigenvalue weighted by atomic mass is 19.2. The number of aromatic nitrogens is 3. The molecule has 19 heavy (non-hydrogen) atoms. The molecular weight excluding hydrogens is 250 g/mol. The van der Waals surface area contributed by atoms with Crippen molar-refractivity contribution in [3.05, 3.63) is 47.7 Å².